The zero-order valence-corrected chi connectivity index (χ0v) is 13.1. The first-order chi connectivity index (χ1) is 12.3. The molecule has 0 spiro atoms. The Labute approximate surface area is 145 Å². The SMILES string of the molecule is O=C(C=C(O)c1nc[nH]n1)c1ccoc1Cc1ccc(C(F)(F)F)cc1. The highest BCUT2D eigenvalue weighted by atomic mass is 19.4. The summed E-state index contributed by atoms with van der Waals surface area (Å²) in [5.41, 5.74) is -0.0208. The molecule has 0 amide bonds. The van der Waals surface area contributed by atoms with Gasteiger partial charge in [0, 0.05) is 12.5 Å². The predicted octanol–water partition coefficient (Wildman–Crippen LogP) is 3.79. The maximum absolute atomic E-state index is 12.6. The van der Waals surface area contributed by atoms with E-state index in [0.717, 1.165) is 18.2 Å². The number of furan rings is 1. The van der Waals surface area contributed by atoms with E-state index in [2.05, 4.69) is 15.2 Å². The van der Waals surface area contributed by atoms with Crippen molar-refractivity contribution in [1.82, 2.24) is 15.2 Å². The summed E-state index contributed by atoms with van der Waals surface area (Å²) in [6.07, 6.45) is -0.791. The maximum Gasteiger partial charge on any atom is 0.416 e. The van der Waals surface area contributed by atoms with Crippen molar-refractivity contribution < 1.29 is 27.5 Å². The van der Waals surface area contributed by atoms with Crippen molar-refractivity contribution in [2.24, 2.45) is 0 Å². The minimum absolute atomic E-state index is 0.0360. The summed E-state index contributed by atoms with van der Waals surface area (Å²) >= 11 is 0. The summed E-state index contributed by atoms with van der Waals surface area (Å²) in [5.74, 6) is -0.721. The van der Waals surface area contributed by atoms with Crippen LogP contribution in [0.1, 0.15) is 33.1 Å². The molecule has 6 nitrogen and oxygen atoms in total. The van der Waals surface area contributed by atoms with E-state index in [1.54, 1.807) is 0 Å². The standard InChI is InChI=1S/C17H12F3N3O3/c18-17(19,20)11-3-1-10(2-4-11)7-15-12(5-6-26-15)13(24)8-14(25)16-21-9-22-23-16/h1-6,8-9,25H,7H2,(H,21,22,23). The minimum atomic E-state index is -4.41. The number of aromatic amines is 1. The number of aliphatic hydroxyl groups is 1. The Morgan fingerprint density at radius 3 is 2.58 bits per heavy atom. The molecule has 0 fully saturated rings. The third-order valence-corrected chi connectivity index (χ3v) is 3.57. The minimum Gasteiger partial charge on any atom is -0.504 e. The number of alkyl halides is 3. The van der Waals surface area contributed by atoms with E-state index in [1.807, 2.05) is 0 Å². The topological polar surface area (TPSA) is 92.0 Å². The maximum atomic E-state index is 12.6. The van der Waals surface area contributed by atoms with E-state index in [9.17, 15) is 23.1 Å². The number of benzene rings is 1. The monoisotopic (exact) mass is 363 g/mol. The number of aliphatic hydroxyl groups excluding tert-OH is 1. The smallest absolute Gasteiger partial charge is 0.416 e. The molecule has 1 aromatic carbocycles. The molecule has 9 heteroatoms. The fraction of sp³-hybridized carbons (Fsp3) is 0.118. The van der Waals surface area contributed by atoms with Gasteiger partial charge in [0.1, 0.15) is 12.1 Å². The number of hydrogen-bond acceptors (Lipinski definition) is 5. The predicted molar refractivity (Wildman–Crippen MR) is 84.3 cm³/mol. The van der Waals surface area contributed by atoms with Gasteiger partial charge in [0.05, 0.1) is 17.4 Å². The van der Waals surface area contributed by atoms with E-state index in [0.29, 0.717) is 5.56 Å². The molecular weight excluding hydrogens is 351 g/mol. The van der Waals surface area contributed by atoms with Crippen LogP contribution in [0, 0.1) is 0 Å². The van der Waals surface area contributed by atoms with Gasteiger partial charge in [-0.2, -0.15) is 18.3 Å². The highest BCUT2D eigenvalue weighted by molar-refractivity contribution is 6.08. The number of H-pyrrole nitrogens is 1. The van der Waals surface area contributed by atoms with Crippen LogP contribution in [0.4, 0.5) is 13.2 Å². The van der Waals surface area contributed by atoms with Gasteiger partial charge < -0.3 is 9.52 Å². The van der Waals surface area contributed by atoms with Crippen molar-refractivity contribution in [3.05, 3.63) is 77.3 Å². The molecule has 0 aliphatic heterocycles. The summed E-state index contributed by atoms with van der Waals surface area (Å²) in [4.78, 5) is 16.0. The summed E-state index contributed by atoms with van der Waals surface area (Å²) in [7, 11) is 0. The van der Waals surface area contributed by atoms with Crippen LogP contribution in [0.3, 0.4) is 0 Å². The molecule has 0 unspecified atom stereocenters. The van der Waals surface area contributed by atoms with Crippen LogP contribution in [-0.2, 0) is 12.6 Å². The zero-order valence-electron chi connectivity index (χ0n) is 13.1. The Morgan fingerprint density at radius 2 is 1.96 bits per heavy atom. The van der Waals surface area contributed by atoms with E-state index in [4.69, 9.17) is 4.42 Å². The quantitative estimate of drug-likeness (QED) is 0.409. The van der Waals surface area contributed by atoms with Crippen LogP contribution in [0.5, 0.6) is 0 Å². The molecule has 0 atom stereocenters. The van der Waals surface area contributed by atoms with Crippen LogP contribution in [0.15, 0.2) is 53.4 Å². The first-order valence-electron chi connectivity index (χ1n) is 7.38. The van der Waals surface area contributed by atoms with Crippen LogP contribution in [0.25, 0.3) is 5.76 Å². The molecule has 0 aliphatic carbocycles. The second kappa shape index (κ2) is 6.87. The lowest BCUT2D eigenvalue weighted by molar-refractivity contribution is -0.137. The molecule has 0 radical (unpaired) electrons. The first kappa shape index (κ1) is 17.5. The number of nitrogens with zero attached hydrogens (tertiary/aromatic N) is 2. The number of carbonyl (C=O) groups is 1. The second-order valence-corrected chi connectivity index (χ2v) is 5.35. The second-order valence-electron chi connectivity index (χ2n) is 5.35. The molecule has 3 aromatic rings. The number of hydrogen-bond donors (Lipinski definition) is 2. The van der Waals surface area contributed by atoms with Crippen LogP contribution in [-0.4, -0.2) is 26.1 Å². The Morgan fingerprint density at radius 1 is 1.23 bits per heavy atom. The molecule has 0 saturated carbocycles. The fourth-order valence-electron chi connectivity index (χ4n) is 2.29. The van der Waals surface area contributed by atoms with Crippen molar-refractivity contribution in [3.8, 4) is 0 Å². The molecule has 26 heavy (non-hydrogen) atoms. The third-order valence-electron chi connectivity index (χ3n) is 3.57. The van der Waals surface area contributed by atoms with Gasteiger partial charge in [-0.15, -0.1) is 0 Å². The van der Waals surface area contributed by atoms with Crippen LogP contribution >= 0.6 is 0 Å². The van der Waals surface area contributed by atoms with Gasteiger partial charge in [0.15, 0.2) is 11.5 Å². The van der Waals surface area contributed by atoms with Crippen LogP contribution < -0.4 is 0 Å². The van der Waals surface area contributed by atoms with E-state index < -0.39 is 23.3 Å². The number of allylic oxidation sites excluding steroid dienone is 1. The Balaban J connectivity index is 1.78. The van der Waals surface area contributed by atoms with Crippen molar-refractivity contribution in [3.63, 3.8) is 0 Å². The van der Waals surface area contributed by atoms with Crippen molar-refractivity contribution >= 4 is 11.5 Å². The van der Waals surface area contributed by atoms with Gasteiger partial charge in [0.25, 0.3) is 0 Å². The van der Waals surface area contributed by atoms with Crippen molar-refractivity contribution in [2.75, 3.05) is 0 Å². The molecule has 0 saturated heterocycles. The first-order valence-corrected chi connectivity index (χ1v) is 7.38. The third kappa shape index (κ3) is 3.82. The van der Waals surface area contributed by atoms with Gasteiger partial charge in [-0.25, -0.2) is 4.98 Å². The van der Waals surface area contributed by atoms with E-state index in [1.165, 1.54) is 30.8 Å². The Kier molecular flexibility index (Phi) is 4.61. The Hall–Kier alpha value is -3.36. The van der Waals surface area contributed by atoms with Gasteiger partial charge >= 0.3 is 6.18 Å². The largest absolute Gasteiger partial charge is 0.504 e. The van der Waals surface area contributed by atoms with E-state index in [-0.39, 0.29) is 23.6 Å². The molecule has 2 aromatic heterocycles. The lowest BCUT2D eigenvalue weighted by atomic mass is 10.0. The zero-order chi connectivity index (χ0) is 18.7. The van der Waals surface area contributed by atoms with Gasteiger partial charge in [0.2, 0.25) is 5.82 Å². The number of nitrogens with one attached hydrogen (secondary N) is 1. The van der Waals surface area contributed by atoms with Gasteiger partial charge in [-0.3, -0.25) is 9.89 Å². The number of ketones is 1. The number of rotatable bonds is 5. The lowest BCUT2D eigenvalue weighted by Crippen LogP contribution is -2.05. The number of carbonyl (C=O) groups excluding carboxylic acids is 1. The van der Waals surface area contributed by atoms with Crippen LogP contribution in [0.2, 0.25) is 0 Å². The molecule has 2 N–H and O–H groups in total. The average molecular weight is 363 g/mol. The van der Waals surface area contributed by atoms with Gasteiger partial charge in [-0.05, 0) is 23.8 Å². The molecular formula is C17H12F3N3O3. The summed E-state index contributed by atoms with van der Waals surface area (Å²) in [6.45, 7) is 0. The Bertz CT molecular complexity index is 926. The summed E-state index contributed by atoms with van der Waals surface area (Å²) in [5, 5.41) is 15.9. The lowest BCUT2D eigenvalue weighted by Gasteiger charge is -2.07. The summed E-state index contributed by atoms with van der Waals surface area (Å²) in [6, 6.07) is 5.99. The molecule has 134 valence electrons. The van der Waals surface area contributed by atoms with Gasteiger partial charge in [-0.1, -0.05) is 12.1 Å². The average Bonchev–Trinajstić information content (AvgIpc) is 3.26. The number of aromatic nitrogens is 3. The summed E-state index contributed by atoms with van der Waals surface area (Å²) < 4.78 is 43.1. The van der Waals surface area contributed by atoms with Crippen molar-refractivity contribution in [2.45, 2.75) is 12.6 Å². The van der Waals surface area contributed by atoms with Crippen molar-refractivity contribution in [1.29, 1.82) is 0 Å². The highest BCUT2D eigenvalue weighted by Gasteiger charge is 2.30. The molecule has 0 aliphatic rings. The normalized spacial score (nSPS) is 12.3. The number of halogens is 3. The van der Waals surface area contributed by atoms with E-state index >= 15 is 0 Å². The molecule has 0 bridgehead atoms. The molecule has 3 rings (SSSR count). The molecule has 2 heterocycles. The fourth-order valence-corrected chi connectivity index (χ4v) is 2.29. The highest BCUT2D eigenvalue weighted by Crippen LogP contribution is 2.29.